The predicted molar refractivity (Wildman–Crippen MR) is 39.7 cm³/mol. The number of rotatable bonds is 0. The van der Waals surface area contributed by atoms with Crippen molar-refractivity contribution in [2.75, 3.05) is 0 Å². The third-order valence-corrected chi connectivity index (χ3v) is 3.41. The van der Waals surface area contributed by atoms with Crippen molar-refractivity contribution in [3.63, 3.8) is 0 Å². The Morgan fingerprint density at radius 1 is 1.50 bits per heavy atom. The summed E-state index contributed by atoms with van der Waals surface area (Å²) in [6.45, 7) is 2.28. The van der Waals surface area contributed by atoms with Crippen molar-refractivity contribution in [1.82, 2.24) is 0 Å². The van der Waals surface area contributed by atoms with E-state index in [4.69, 9.17) is 0 Å². The van der Waals surface area contributed by atoms with Crippen LogP contribution < -0.4 is 0 Å². The number of Topliss-reactive ketones (excluding diaryl/α,β-unsaturated/α-hetero) is 1. The van der Waals surface area contributed by atoms with Gasteiger partial charge in [-0.2, -0.15) is 0 Å². The van der Waals surface area contributed by atoms with Crippen molar-refractivity contribution in [2.24, 2.45) is 11.3 Å². The van der Waals surface area contributed by atoms with Crippen LogP contribution in [0.25, 0.3) is 0 Å². The van der Waals surface area contributed by atoms with E-state index < -0.39 is 0 Å². The number of hydrogen-bond donors (Lipinski definition) is 0. The largest absolute Gasteiger partial charge is 0.299 e. The van der Waals surface area contributed by atoms with Gasteiger partial charge in [-0.3, -0.25) is 4.79 Å². The molecular formula is C9H14O. The van der Waals surface area contributed by atoms with Crippen LogP contribution in [0.2, 0.25) is 0 Å². The third-order valence-electron chi connectivity index (χ3n) is 3.41. The Kier molecular flexibility index (Phi) is 1.17. The minimum absolute atomic E-state index is 0.440. The zero-order valence-corrected chi connectivity index (χ0v) is 6.52. The van der Waals surface area contributed by atoms with E-state index in [0.29, 0.717) is 17.1 Å². The van der Waals surface area contributed by atoms with Gasteiger partial charge in [0, 0.05) is 12.3 Å². The van der Waals surface area contributed by atoms with E-state index in [2.05, 4.69) is 6.92 Å². The minimum Gasteiger partial charge on any atom is -0.299 e. The number of carbonyl (C=O) groups is 1. The van der Waals surface area contributed by atoms with Gasteiger partial charge >= 0.3 is 0 Å². The first-order chi connectivity index (χ1) is 4.72. The molecule has 0 bridgehead atoms. The first-order valence-electron chi connectivity index (χ1n) is 4.25. The maximum atomic E-state index is 11.3. The highest BCUT2D eigenvalue weighted by Crippen LogP contribution is 2.53. The van der Waals surface area contributed by atoms with Crippen molar-refractivity contribution in [3.8, 4) is 0 Å². The summed E-state index contributed by atoms with van der Waals surface area (Å²) in [5.74, 6) is 1.00. The lowest BCUT2D eigenvalue weighted by molar-refractivity contribution is -0.137. The van der Waals surface area contributed by atoms with Crippen molar-refractivity contribution in [2.45, 2.75) is 39.0 Å². The fourth-order valence-corrected chi connectivity index (χ4v) is 2.47. The van der Waals surface area contributed by atoms with E-state index in [1.165, 1.54) is 19.3 Å². The summed E-state index contributed by atoms with van der Waals surface area (Å²) in [6, 6.07) is 0. The molecule has 2 fully saturated rings. The van der Waals surface area contributed by atoms with Gasteiger partial charge in [-0.05, 0) is 31.1 Å². The minimum atomic E-state index is 0.440. The monoisotopic (exact) mass is 138 g/mol. The van der Waals surface area contributed by atoms with Gasteiger partial charge in [0.2, 0.25) is 0 Å². The molecule has 0 saturated heterocycles. The normalized spacial score (nSPS) is 46.1. The van der Waals surface area contributed by atoms with Crippen molar-refractivity contribution >= 4 is 5.78 Å². The van der Waals surface area contributed by atoms with E-state index in [0.717, 1.165) is 12.8 Å². The summed E-state index contributed by atoms with van der Waals surface area (Å²) in [6.07, 6.45) is 5.77. The van der Waals surface area contributed by atoms with Gasteiger partial charge in [0.05, 0.1) is 0 Å². The van der Waals surface area contributed by atoms with Crippen molar-refractivity contribution in [3.05, 3.63) is 0 Å². The summed E-state index contributed by atoms with van der Waals surface area (Å²) in [7, 11) is 0. The van der Waals surface area contributed by atoms with E-state index >= 15 is 0 Å². The molecule has 0 aliphatic heterocycles. The molecule has 0 unspecified atom stereocenters. The summed E-state index contributed by atoms with van der Waals surface area (Å²) >= 11 is 0. The van der Waals surface area contributed by atoms with E-state index in [-0.39, 0.29) is 0 Å². The predicted octanol–water partition coefficient (Wildman–Crippen LogP) is 2.16. The molecule has 0 N–H and O–H groups in total. The smallest absolute Gasteiger partial charge is 0.136 e. The molecule has 2 saturated carbocycles. The second kappa shape index (κ2) is 1.84. The van der Waals surface area contributed by atoms with Gasteiger partial charge in [-0.1, -0.05) is 6.92 Å². The topological polar surface area (TPSA) is 17.1 Å². The number of hydrogen-bond acceptors (Lipinski definition) is 1. The Hall–Kier alpha value is -0.330. The van der Waals surface area contributed by atoms with Crippen LogP contribution in [0.4, 0.5) is 0 Å². The van der Waals surface area contributed by atoms with Gasteiger partial charge in [0.1, 0.15) is 5.78 Å². The highest BCUT2D eigenvalue weighted by molar-refractivity contribution is 5.83. The second-order valence-electron chi connectivity index (χ2n) is 4.07. The molecule has 2 atom stereocenters. The van der Waals surface area contributed by atoms with Crippen molar-refractivity contribution in [1.29, 1.82) is 0 Å². The van der Waals surface area contributed by atoms with Gasteiger partial charge < -0.3 is 0 Å². The van der Waals surface area contributed by atoms with Gasteiger partial charge in [-0.25, -0.2) is 0 Å². The Bertz CT molecular complexity index is 174. The quantitative estimate of drug-likeness (QED) is 0.501. The molecule has 1 nitrogen and oxygen atoms in total. The fourth-order valence-electron chi connectivity index (χ4n) is 2.47. The number of carbonyl (C=O) groups excluding carboxylic acids is 1. The molecule has 0 spiro atoms. The first-order valence-corrected chi connectivity index (χ1v) is 4.25. The Morgan fingerprint density at radius 2 is 2.30 bits per heavy atom. The van der Waals surface area contributed by atoms with Crippen LogP contribution in [0.5, 0.6) is 0 Å². The maximum absolute atomic E-state index is 11.3. The fraction of sp³-hybridized carbons (Fsp3) is 0.889. The van der Waals surface area contributed by atoms with Gasteiger partial charge in [0.25, 0.3) is 0 Å². The lowest BCUT2D eigenvalue weighted by Gasteiger charge is -2.49. The van der Waals surface area contributed by atoms with Crippen LogP contribution in [0, 0.1) is 11.3 Å². The molecule has 10 heavy (non-hydrogen) atoms. The highest BCUT2D eigenvalue weighted by atomic mass is 16.1. The van der Waals surface area contributed by atoms with Crippen LogP contribution in [-0.2, 0) is 4.79 Å². The molecule has 0 heterocycles. The SMILES string of the molecule is C[C@@]12CCCC(=O)[C@@H]1CC2. The van der Waals surface area contributed by atoms with Crippen LogP contribution in [0.3, 0.4) is 0 Å². The Balaban J connectivity index is 2.16. The summed E-state index contributed by atoms with van der Waals surface area (Å²) in [5.41, 5.74) is 0.440. The average molecular weight is 138 g/mol. The standard InChI is InChI=1S/C9H14O/c1-9-5-2-3-8(10)7(9)4-6-9/h7H,2-6H2,1H3/t7-,9-/m0/s1. The summed E-state index contributed by atoms with van der Waals surface area (Å²) < 4.78 is 0. The lowest BCUT2D eigenvalue weighted by atomic mass is 9.54. The molecule has 2 aliphatic rings. The van der Waals surface area contributed by atoms with E-state index in [9.17, 15) is 4.79 Å². The zero-order chi connectivity index (χ0) is 7.19. The second-order valence-corrected chi connectivity index (χ2v) is 4.07. The number of ketones is 1. The molecule has 0 aromatic carbocycles. The molecule has 0 amide bonds. The Labute approximate surface area is 61.8 Å². The van der Waals surface area contributed by atoms with Crippen LogP contribution in [0.15, 0.2) is 0 Å². The van der Waals surface area contributed by atoms with E-state index in [1.807, 2.05) is 0 Å². The zero-order valence-electron chi connectivity index (χ0n) is 6.52. The average Bonchev–Trinajstić information content (AvgIpc) is 1.83. The van der Waals surface area contributed by atoms with E-state index in [1.54, 1.807) is 0 Å². The molecular weight excluding hydrogens is 124 g/mol. The first kappa shape index (κ1) is 6.38. The molecule has 2 aliphatic carbocycles. The van der Waals surface area contributed by atoms with Crippen LogP contribution in [-0.4, -0.2) is 5.78 Å². The van der Waals surface area contributed by atoms with Gasteiger partial charge in [-0.15, -0.1) is 0 Å². The molecule has 0 aromatic heterocycles. The van der Waals surface area contributed by atoms with Gasteiger partial charge in [0.15, 0.2) is 0 Å². The molecule has 0 aromatic rings. The molecule has 2 rings (SSSR count). The lowest BCUT2D eigenvalue weighted by Crippen LogP contribution is -2.45. The maximum Gasteiger partial charge on any atom is 0.136 e. The van der Waals surface area contributed by atoms with Crippen molar-refractivity contribution < 1.29 is 4.79 Å². The molecule has 0 radical (unpaired) electrons. The summed E-state index contributed by atoms with van der Waals surface area (Å²) in [4.78, 5) is 11.3. The summed E-state index contributed by atoms with van der Waals surface area (Å²) in [5, 5.41) is 0. The third kappa shape index (κ3) is 0.664. The van der Waals surface area contributed by atoms with Crippen LogP contribution in [0.1, 0.15) is 39.0 Å². The molecule has 56 valence electrons. The van der Waals surface area contributed by atoms with Crippen LogP contribution >= 0.6 is 0 Å². The highest BCUT2D eigenvalue weighted by Gasteiger charge is 2.48. The molecule has 1 heteroatoms. The Morgan fingerprint density at radius 3 is 2.70 bits per heavy atom. The number of fused-ring (bicyclic) bond motifs is 1.